The second-order valence-electron chi connectivity index (χ2n) is 6.18. The number of carbonyl (C=O) groups excluding carboxylic acids is 1. The molecule has 106 valence electrons. The van der Waals surface area contributed by atoms with Crippen molar-refractivity contribution in [3.05, 3.63) is 0 Å². The van der Waals surface area contributed by atoms with Crippen LogP contribution in [-0.4, -0.2) is 41.5 Å². The van der Waals surface area contributed by atoms with Crippen molar-refractivity contribution in [2.24, 2.45) is 5.73 Å². The number of carbonyl (C=O) groups is 1. The first-order chi connectivity index (χ1) is 8.35. The average Bonchev–Trinajstić information content (AvgIpc) is 2.28. The van der Waals surface area contributed by atoms with Gasteiger partial charge in [0, 0.05) is 17.6 Å². The Morgan fingerprint density at radius 1 is 1.50 bits per heavy atom. The van der Waals surface area contributed by atoms with E-state index in [2.05, 4.69) is 31.0 Å². The van der Waals surface area contributed by atoms with Gasteiger partial charge in [-0.25, -0.2) is 0 Å². The van der Waals surface area contributed by atoms with Crippen LogP contribution in [0.15, 0.2) is 0 Å². The monoisotopic (exact) mass is 255 g/mol. The summed E-state index contributed by atoms with van der Waals surface area (Å²) in [5.41, 5.74) is 5.90. The molecule has 2 unspecified atom stereocenters. The minimum atomic E-state index is -0.114. The highest BCUT2D eigenvalue weighted by molar-refractivity contribution is 5.78. The van der Waals surface area contributed by atoms with Crippen molar-refractivity contribution in [2.45, 2.75) is 71.0 Å². The van der Waals surface area contributed by atoms with Crippen LogP contribution in [0.4, 0.5) is 0 Å². The summed E-state index contributed by atoms with van der Waals surface area (Å²) in [7, 11) is 0. The van der Waals surface area contributed by atoms with Crippen molar-refractivity contribution in [3.63, 3.8) is 0 Å². The molecule has 1 aliphatic rings. The summed E-state index contributed by atoms with van der Waals surface area (Å²) in [6.07, 6.45) is 4.45. The third kappa shape index (κ3) is 4.58. The van der Waals surface area contributed by atoms with Gasteiger partial charge in [-0.1, -0.05) is 13.3 Å². The van der Waals surface area contributed by atoms with Crippen molar-refractivity contribution in [1.29, 1.82) is 0 Å². The van der Waals surface area contributed by atoms with Crippen LogP contribution in [0.3, 0.4) is 0 Å². The lowest BCUT2D eigenvalue weighted by Crippen LogP contribution is -2.54. The van der Waals surface area contributed by atoms with E-state index in [1.165, 1.54) is 12.8 Å². The molecular weight excluding hydrogens is 226 g/mol. The highest BCUT2D eigenvalue weighted by Crippen LogP contribution is 2.18. The summed E-state index contributed by atoms with van der Waals surface area (Å²) in [6.45, 7) is 9.72. The zero-order valence-electron chi connectivity index (χ0n) is 12.3. The molecule has 18 heavy (non-hydrogen) atoms. The van der Waals surface area contributed by atoms with Crippen LogP contribution in [0.2, 0.25) is 0 Å². The van der Waals surface area contributed by atoms with Crippen molar-refractivity contribution in [1.82, 2.24) is 10.2 Å². The molecule has 1 amide bonds. The fourth-order valence-electron chi connectivity index (χ4n) is 2.50. The van der Waals surface area contributed by atoms with E-state index in [1.54, 1.807) is 0 Å². The maximum Gasteiger partial charge on any atom is 0.234 e. The minimum Gasteiger partial charge on any atom is -0.350 e. The molecule has 1 heterocycles. The van der Waals surface area contributed by atoms with E-state index < -0.39 is 0 Å². The number of amides is 1. The highest BCUT2D eigenvalue weighted by atomic mass is 16.2. The van der Waals surface area contributed by atoms with Crippen LogP contribution in [0.1, 0.15) is 53.4 Å². The molecule has 4 nitrogen and oxygen atoms in total. The van der Waals surface area contributed by atoms with E-state index in [0.29, 0.717) is 12.6 Å². The Morgan fingerprint density at radius 3 is 2.72 bits per heavy atom. The van der Waals surface area contributed by atoms with E-state index in [1.807, 2.05) is 6.92 Å². The second-order valence-corrected chi connectivity index (χ2v) is 6.18. The Morgan fingerprint density at radius 2 is 2.17 bits per heavy atom. The number of nitrogens with zero attached hydrogens (tertiary/aromatic N) is 1. The van der Waals surface area contributed by atoms with Gasteiger partial charge in [-0.2, -0.15) is 0 Å². The van der Waals surface area contributed by atoms with Crippen LogP contribution in [0.5, 0.6) is 0 Å². The summed E-state index contributed by atoms with van der Waals surface area (Å²) in [6, 6.07) is 0.492. The molecule has 1 aliphatic heterocycles. The molecular formula is C14H29N3O. The topological polar surface area (TPSA) is 58.4 Å². The van der Waals surface area contributed by atoms with E-state index in [0.717, 1.165) is 19.4 Å². The van der Waals surface area contributed by atoms with Gasteiger partial charge in [0.15, 0.2) is 0 Å². The molecule has 2 atom stereocenters. The maximum absolute atomic E-state index is 12.1. The van der Waals surface area contributed by atoms with Gasteiger partial charge in [0.05, 0.1) is 6.54 Å². The summed E-state index contributed by atoms with van der Waals surface area (Å²) < 4.78 is 0. The molecule has 4 heteroatoms. The van der Waals surface area contributed by atoms with Gasteiger partial charge in [-0.3, -0.25) is 9.69 Å². The van der Waals surface area contributed by atoms with E-state index in [9.17, 15) is 4.79 Å². The Bertz CT molecular complexity index is 276. The Hall–Kier alpha value is -0.610. The third-order valence-electron chi connectivity index (χ3n) is 3.98. The first kappa shape index (κ1) is 15.4. The Balaban J connectivity index is 2.51. The Kier molecular flexibility index (Phi) is 5.60. The van der Waals surface area contributed by atoms with Gasteiger partial charge in [0.25, 0.3) is 0 Å². The molecule has 0 aromatic carbocycles. The average molecular weight is 255 g/mol. The fraction of sp³-hybridized carbons (Fsp3) is 0.929. The molecule has 0 saturated carbocycles. The fourth-order valence-corrected chi connectivity index (χ4v) is 2.50. The number of nitrogens with two attached hydrogens (primary N) is 1. The lowest BCUT2D eigenvalue weighted by Gasteiger charge is -2.38. The summed E-state index contributed by atoms with van der Waals surface area (Å²) >= 11 is 0. The number of nitrogens with one attached hydrogen (secondary N) is 1. The molecule has 0 aliphatic carbocycles. The first-order valence-corrected chi connectivity index (χ1v) is 7.16. The molecule has 0 spiro atoms. The molecule has 0 aromatic rings. The van der Waals surface area contributed by atoms with Gasteiger partial charge in [0.1, 0.15) is 0 Å². The quantitative estimate of drug-likeness (QED) is 0.782. The molecule has 3 N–H and O–H groups in total. The van der Waals surface area contributed by atoms with Crippen LogP contribution in [-0.2, 0) is 4.79 Å². The molecule has 1 fully saturated rings. The van der Waals surface area contributed by atoms with Crippen molar-refractivity contribution < 1.29 is 4.79 Å². The van der Waals surface area contributed by atoms with Crippen LogP contribution in [0, 0.1) is 0 Å². The zero-order chi connectivity index (χ0) is 13.8. The van der Waals surface area contributed by atoms with Crippen molar-refractivity contribution in [2.75, 3.05) is 13.1 Å². The summed E-state index contributed by atoms with van der Waals surface area (Å²) in [5, 5.41) is 3.09. The molecule has 1 rings (SSSR count). The first-order valence-electron chi connectivity index (χ1n) is 7.16. The number of rotatable bonds is 5. The minimum absolute atomic E-state index is 0.114. The number of hydrogen-bond acceptors (Lipinski definition) is 3. The molecule has 0 aromatic heterocycles. The number of piperidine rings is 1. The van der Waals surface area contributed by atoms with Crippen LogP contribution < -0.4 is 11.1 Å². The van der Waals surface area contributed by atoms with E-state index in [-0.39, 0.29) is 17.5 Å². The zero-order valence-corrected chi connectivity index (χ0v) is 12.3. The highest BCUT2D eigenvalue weighted by Gasteiger charge is 2.28. The SMILES string of the molecule is CCC(C)(C)NC(=O)CN1CCCCC1C(C)N. The molecule has 1 saturated heterocycles. The number of hydrogen-bond donors (Lipinski definition) is 2. The summed E-state index contributed by atoms with van der Waals surface area (Å²) in [5.74, 6) is 0.120. The molecule has 0 bridgehead atoms. The van der Waals surface area contributed by atoms with Gasteiger partial charge in [-0.05, 0) is 46.6 Å². The van der Waals surface area contributed by atoms with E-state index in [4.69, 9.17) is 5.73 Å². The van der Waals surface area contributed by atoms with Crippen LogP contribution >= 0.6 is 0 Å². The second kappa shape index (κ2) is 6.53. The molecule has 0 radical (unpaired) electrons. The van der Waals surface area contributed by atoms with Crippen molar-refractivity contribution >= 4 is 5.91 Å². The standard InChI is InChI=1S/C14H29N3O/c1-5-14(3,4)16-13(18)10-17-9-7-6-8-12(17)11(2)15/h11-12H,5-10,15H2,1-4H3,(H,16,18). The largest absolute Gasteiger partial charge is 0.350 e. The van der Waals surface area contributed by atoms with Gasteiger partial charge in [0.2, 0.25) is 5.91 Å². The number of likely N-dealkylation sites (tertiary alicyclic amines) is 1. The smallest absolute Gasteiger partial charge is 0.234 e. The lowest BCUT2D eigenvalue weighted by atomic mass is 9.96. The summed E-state index contributed by atoms with van der Waals surface area (Å²) in [4.78, 5) is 14.3. The van der Waals surface area contributed by atoms with Gasteiger partial charge in [-0.15, -0.1) is 0 Å². The maximum atomic E-state index is 12.1. The normalized spacial score (nSPS) is 23.7. The van der Waals surface area contributed by atoms with Gasteiger partial charge >= 0.3 is 0 Å². The Labute approximate surface area is 111 Å². The van der Waals surface area contributed by atoms with Crippen LogP contribution in [0.25, 0.3) is 0 Å². The van der Waals surface area contributed by atoms with E-state index >= 15 is 0 Å². The van der Waals surface area contributed by atoms with Crippen molar-refractivity contribution in [3.8, 4) is 0 Å². The lowest BCUT2D eigenvalue weighted by molar-refractivity contribution is -0.124. The van der Waals surface area contributed by atoms with Gasteiger partial charge < -0.3 is 11.1 Å². The third-order valence-corrected chi connectivity index (χ3v) is 3.98. The predicted molar refractivity (Wildman–Crippen MR) is 75.4 cm³/mol. The predicted octanol–water partition coefficient (Wildman–Crippen LogP) is 1.49.